The molecule has 0 saturated heterocycles. The van der Waals surface area contributed by atoms with Gasteiger partial charge in [-0.05, 0) is 36.2 Å². The summed E-state index contributed by atoms with van der Waals surface area (Å²) in [6, 6.07) is 14.9. The normalized spacial score (nSPS) is 11.6. The number of aromatic amines is 1. The van der Waals surface area contributed by atoms with E-state index in [-0.39, 0.29) is 17.2 Å². The van der Waals surface area contributed by atoms with Crippen LogP contribution in [0.1, 0.15) is 34.7 Å². The van der Waals surface area contributed by atoms with E-state index in [0.29, 0.717) is 5.69 Å². The lowest BCUT2D eigenvalue weighted by Crippen LogP contribution is -2.54. The topological polar surface area (TPSA) is 116 Å². The Bertz CT molecular complexity index is 1060. The molecule has 0 spiro atoms. The highest BCUT2D eigenvalue weighted by Gasteiger charge is 2.25. The molecule has 9 heteroatoms. The van der Waals surface area contributed by atoms with Crippen LogP contribution in [0.3, 0.4) is 0 Å². The highest BCUT2D eigenvalue weighted by atomic mass is 19.1. The number of hydrogen-bond acceptors (Lipinski definition) is 4. The molecule has 1 heterocycles. The summed E-state index contributed by atoms with van der Waals surface area (Å²) in [6.07, 6.45) is 0. The fraction of sp³-hybridized carbons (Fsp3) is 0.182. The first-order valence-electron chi connectivity index (χ1n) is 9.62. The van der Waals surface area contributed by atoms with Gasteiger partial charge in [0.25, 0.3) is 17.7 Å². The lowest BCUT2D eigenvalue weighted by molar-refractivity contribution is -0.124. The largest absolute Gasteiger partial charge is 0.340 e. The van der Waals surface area contributed by atoms with E-state index in [2.05, 4.69) is 26.4 Å². The molecule has 3 aromatic rings. The van der Waals surface area contributed by atoms with E-state index in [1.54, 1.807) is 19.9 Å². The minimum atomic E-state index is -0.917. The molecule has 0 aliphatic heterocycles. The molecule has 2 aromatic carbocycles. The standard InChI is InChI=1S/C22H22FN5O3/c1-13(2)19(24-20(29)15-8-10-16(23)11-9-15)22(31)28-27-21(30)18-12-17(25-26-18)14-6-4-3-5-7-14/h3-13,19H,1-2H3,(H,24,29)(H,25,26)(H,27,30)(H,28,31). The molecule has 0 saturated carbocycles. The third kappa shape index (κ3) is 5.53. The molecular weight excluding hydrogens is 401 g/mol. The number of hydrogen-bond donors (Lipinski definition) is 4. The summed E-state index contributed by atoms with van der Waals surface area (Å²) >= 11 is 0. The first-order valence-corrected chi connectivity index (χ1v) is 9.62. The Morgan fingerprint density at radius 3 is 2.26 bits per heavy atom. The predicted molar refractivity (Wildman–Crippen MR) is 112 cm³/mol. The second-order valence-corrected chi connectivity index (χ2v) is 7.18. The number of benzene rings is 2. The monoisotopic (exact) mass is 423 g/mol. The fourth-order valence-corrected chi connectivity index (χ4v) is 2.82. The predicted octanol–water partition coefficient (Wildman–Crippen LogP) is 2.43. The summed E-state index contributed by atoms with van der Waals surface area (Å²) in [4.78, 5) is 37.2. The molecule has 4 N–H and O–H groups in total. The Balaban J connectivity index is 1.59. The van der Waals surface area contributed by atoms with Crippen LogP contribution in [0.25, 0.3) is 11.3 Å². The van der Waals surface area contributed by atoms with Crippen molar-refractivity contribution in [1.29, 1.82) is 0 Å². The maximum absolute atomic E-state index is 13.0. The van der Waals surface area contributed by atoms with E-state index in [9.17, 15) is 18.8 Å². The van der Waals surface area contributed by atoms with Crippen LogP contribution in [-0.2, 0) is 4.79 Å². The van der Waals surface area contributed by atoms with Crippen LogP contribution in [0.5, 0.6) is 0 Å². The van der Waals surface area contributed by atoms with Crippen LogP contribution in [0.2, 0.25) is 0 Å². The first-order chi connectivity index (χ1) is 14.8. The highest BCUT2D eigenvalue weighted by molar-refractivity contribution is 5.99. The van der Waals surface area contributed by atoms with Crippen molar-refractivity contribution >= 4 is 17.7 Å². The quantitative estimate of drug-likeness (QED) is 0.456. The number of H-pyrrole nitrogens is 1. The molecule has 31 heavy (non-hydrogen) atoms. The van der Waals surface area contributed by atoms with Crippen molar-refractivity contribution in [1.82, 2.24) is 26.4 Å². The van der Waals surface area contributed by atoms with Crippen LogP contribution >= 0.6 is 0 Å². The number of rotatable bonds is 6. The molecular formula is C22H22FN5O3. The highest BCUT2D eigenvalue weighted by Crippen LogP contribution is 2.16. The van der Waals surface area contributed by atoms with E-state index in [1.165, 1.54) is 12.1 Å². The van der Waals surface area contributed by atoms with Crippen LogP contribution in [0.15, 0.2) is 60.7 Å². The molecule has 3 rings (SSSR count). The zero-order valence-electron chi connectivity index (χ0n) is 17.0. The van der Waals surface area contributed by atoms with Crippen molar-refractivity contribution in [3.8, 4) is 11.3 Å². The average Bonchev–Trinajstić information content (AvgIpc) is 3.27. The van der Waals surface area contributed by atoms with Gasteiger partial charge in [-0.3, -0.25) is 30.3 Å². The minimum Gasteiger partial charge on any atom is -0.340 e. The maximum Gasteiger partial charge on any atom is 0.287 e. The molecule has 0 aliphatic carbocycles. The summed E-state index contributed by atoms with van der Waals surface area (Å²) in [5.41, 5.74) is 6.43. The zero-order valence-corrected chi connectivity index (χ0v) is 17.0. The SMILES string of the molecule is CC(C)C(NC(=O)c1ccc(F)cc1)C(=O)NNC(=O)c1cc(-c2ccccc2)n[nH]1. The Morgan fingerprint density at radius 1 is 0.935 bits per heavy atom. The molecule has 3 amide bonds. The summed E-state index contributed by atoms with van der Waals surface area (Å²) in [7, 11) is 0. The zero-order chi connectivity index (χ0) is 22.4. The van der Waals surface area contributed by atoms with Gasteiger partial charge in [0, 0.05) is 11.1 Å². The van der Waals surface area contributed by atoms with Gasteiger partial charge < -0.3 is 5.32 Å². The smallest absolute Gasteiger partial charge is 0.287 e. The Kier molecular flexibility index (Phi) is 6.76. The second-order valence-electron chi connectivity index (χ2n) is 7.18. The molecule has 8 nitrogen and oxygen atoms in total. The van der Waals surface area contributed by atoms with Crippen molar-refractivity contribution in [2.24, 2.45) is 5.92 Å². The molecule has 1 atom stereocenters. The van der Waals surface area contributed by atoms with E-state index in [0.717, 1.165) is 17.7 Å². The molecule has 0 radical (unpaired) electrons. The minimum absolute atomic E-state index is 0.163. The van der Waals surface area contributed by atoms with Crippen molar-refractivity contribution < 1.29 is 18.8 Å². The van der Waals surface area contributed by atoms with E-state index in [1.807, 2.05) is 30.3 Å². The van der Waals surface area contributed by atoms with Gasteiger partial charge in [-0.25, -0.2) is 4.39 Å². The van der Waals surface area contributed by atoms with Gasteiger partial charge in [0.1, 0.15) is 17.6 Å². The van der Waals surface area contributed by atoms with Crippen molar-refractivity contribution in [2.45, 2.75) is 19.9 Å². The van der Waals surface area contributed by atoms with Crippen LogP contribution < -0.4 is 16.2 Å². The Labute approximate surface area is 178 Å². The van der Waals surface area contributed by atoms with Gasteiger partial charge in [-0.2, -0.15) is 5.10 Å². The van der Waals surface area contributed by atoms with Gasteiger partial charge >= 0.3 is 0 Å². The summed E-state index contributed by atoms with van der Waals surface area (Å²) in [6.45, 7) is 3.50. The van der Waals surface area contributed by atoms with Crippen LogP contribution in [-0.4, -0.2) is 34.0 Å². The summed E-state index contributed by atoms with van der Waals surface area (Å²) in [5, 5.41) is 9.32. The lowest BCUT2D eigenvalue weighted by Gasteiger charge is -2.21. The number of halogens is 1. The molecule has 0 bridgehead atoms. The fourth-order valence-electron chi connectivity index (χ4n) is 2.82. The number of amides is 3. The third-order valence-corrected chi connectivity index (χ3v) is 4.53. The number of aromatic nitrogens is 2. The molecule has 160 valence electrons. The molecule has 1 aromatic heterocycles. The van der Waals surface area contributed by atoms with Crippen LogP contribution in [0, 0.1) is 11.7 Å². The molecule has 0 fully saturated rings. The Hall–Kier alpha value is -4.01. The summed E-state index contributed by atoms with van der Waals surface area (Å²) < 4.78 is 13.0. The van der Waals surface area contributed by atoms with E-state index < -0.39 is 29.6 Å². The van der Waals surface area contributed by atoms with Crippen molar-refractivity contribution in [3.05, 3.63) is 77.7 Å². The molecule has 0 aliphatic rings. The number of hydrazine groups is 1. The number of nitrogens with one attached hydrogen (secondary N) is 4. The number of carbonyl (C=O) groups excluding carboxylic acids is 3. The maximum atomic E-state index is 13.0. The van der Waals surface area contributed by atoms with Gasteiger partial charge in [0.15, 0.2) is 0 Å². The number of nitrogens with zero attached hydrogens (tertiary/aromatic N) is 1. The van der Waals surface area contributed by atoms with Crippen LogP contribution in [0.4, 0.5) is 4.39 Å². The Morgan fingerprint density at radius 2 is 1.61 bits per heavy atom. The average molecular weight is 423 g/mol. The van der Waals surface area contributed by atoms with Gasteiger partial charge in [-0.1, -0.05) is 44.2 Å². The number of carbonyl (C=O) groups is 3. The van der Waals surface area contributed by atoms with Crippen molar-refractivity contribution in [2.75, 3.05) is 0 Å². The first kappa shape index (κ1) is 21.7. The van der Waals surface area contributed by atoms with E-state index in [4.69, 9.17) is 0 Å². The lowest BCUT2D eigenvalue weighted by atomic mass is 10.0. The van der Waals surface area contributed by atoms with Crippen molar-refractivity contribution in [3.63, 3.8) is 0 Å². The van der Waals surface area contributed by atoms with Gasteiger partial charge in [-0.15, -0.1) is 0 Å². The van der Waals surface area contributed by atoms with Gasteiger partial charge in [0.2, 0.25) is 0 Å². The summed E-state index contributed by atoms with van der Waals surface area (Å²) in [5.74, 6) is -2.44. The third-order valence-electron chi connectivity index (χ3n) is 4.53. The molecule has 1 unspecified atom stereocenters. The second kappa shape index (κ2) is 9.66. The van der Waals surface area contributed by atoms with E-state index >= 15 is 0 Å². The van der Waals surface area contributed by atoms with Gasteiger partial charge in [0.05, 0.1) is 5.69 Å².